The first kappa shape index (κ1) is 26.5. The van der Waals surface area contributed by atoms with Crippen molar-refractivity contribution in [3.63, 3.8) is 0 Å². The van der Waals surface area contributed by atoms with E-state index in [0.29, 0.717) is 0 Å². The van der Waals surface area contributed by atoms with Crippen LogP contribution in [0.15, 0.2) is 28.0 Å². The number of fused-ring (bicyclic) bond motifs is 1. The summed E-state index contributed by atoms with van der Waals surface area (Å²) in [5.74, 6) is -5.26. The molecule has 1 aliphatic heterocycles. The molecule has 14 heteroatoms. The number of amides is 2. The summed E-state index contributed by atoms with van der Waals surface area (Å²) in [4.78, 5) is 30.0. The van der Waals surface area contributed by atoms with Crippen molar-refractivity contribution in [3.8, 4) is 0 Å². The predicted molar refractivity (Wildman–Crippen MR) is 118 cm³/mol. The van der Waals surface area contributed by atoms with E-state index >= 15 is 0 Å². The molecule has 2 atom stereocenters. The Labute approximate surface area is 204 Å². The monoisotopic (exact) mass is 572 g/mol. The molecule has 2 amide bonds. The third kappa shape index (κ3) is 6.12. The number of thioether (sulfide) groups is 1. The number of likely N-dealkylation sites (tertiary alicyclic amines) is 1. The van der Waals surface area contributed by atoms with E-state index in [0.717, 1.165) is 15.5 Å². The van der Waals surface area contributed by atoms with Gasteiger partial charge in [0.05, 0.1) is 24.3 Å². The minimum Gasteiger partial charge on any atom is -0.444 e. The average molecular weight is 573 g/mol. The van der Waals surface area contributed by atoms with Crippen LogP contribution in [0.4, 0.5) is 26.7 Å². The van der Waals surface area contributed by atoms with Crippen molar-refractivity contribution in [2.24, 2.45) is 5.92 Å². The van der Waals surface area contributed by atoms with Gasteiger partial charge < -0.3 is 15.0 Å². The lowest BCUT2D eigenvalue weighted by Gasteiger charge is -2.42. The van der Waals surface area contributed by atoms with Crippen LogP contribution in [0.25, 0.3) is 5.65 Å². The minimum atomic E-state index is -4.58. The van der Waals surface area contributed by atoms with Gasteiger partial charge in [-0.15, -0.1) is 0 Å². The van der Waals surface area contributed by atoms with Crippen LogP contribution in [0.3, 0.4) is 0 Å². The third-order valence-corrected chi connectivity index (χ3v) is 6.05. The van der Waals surface area contributed by atoms with E-state index in [1.165, 1.54) is 19.2 Å². The molecule has 3 rings (SSSR count). The van der Waals surface area contributed by atoms with E-state index in [2.05, 4.69) is 26.2 Å². The predicted octanol–water partition coefficient (Wildman–Crippen LogP) is 5.33. The molecule has 7 nitrogen and oxygen atoms in total. The number of carbonyl (C=O) groups is 2. The van der Waals surface area contributed by atoms with Gasteiger partial charge in [-0.2, -0.15) is 13.2 Å². The zero-order chi connectivity index (χ0) is 25.6. The quantitative estimate of drug-likeness (QED) is 0.397. The molecule has 0 spiro atoms. The summed E-state index contributed by atoms with van der Waals surface area (Å²) >= 11 is 2.72. The van der Waals surface area contributed by atoms with Gasteiger partial charge in [-0.3, -0.25) is 9.20 Å². The topological polar surface area (TPSA) is 75.9 Å². The number of piperidine rings is 1. The third-order valence-electron chi connectivity index (χ3n) is 4.88. The Morgan fingerprint density at radius 1 is 1.29 bits per heavy atom. The molecule has 3 heterocycles. The number of aromatic nitrogens is 2. The van der Waals surface area contributed by atoms with Gasteiger partial charge in [0.15, 0.2) is 5.65 Å². The van der Waals surface area contributed by atoms with Crippen molar-refractivity contribution in [2.75, 3.05) is 13.1 Å². The summed E-state index contributed by atoms with van der Waals surface area (Å²) < 4.78 is 75.0. The van der Waals surface area contributed by atoms with Crippen molar-refractivity contribution in [2.45, 2.75) is 55.8 Å². The maximum Gasteiger partial charge on any atom is 0.447 e. The number of carbonyl (C=O) groups excluding carboxylic acids is 2. The van der Waals surface area contributed by atoms with Crippen molar-refractivity contribution >= 4 is 45.3 Å². The lowest BCUT2D eigenvalue weighted by Crippen LogP contribution is -2.63. The molecule has 188 valence electrons. The molecule has 1 N–H and O–H groups in total. The van der Waals surface area contributed by atoms with E-state index in [4.69, 9.17) is 4.74 Å². The first-order chi connectivity index (χ1) is 15.5. The van der Waals surface area contributed by atoms with Crippen molar-refractivity contribution < 1.29 is 36.3 Å². The average Bonchev–Trinajstić information content (AvgIpc) is 3.02. The molecule has 1 aliphatic rings. The summed E-state index contributed by atoms with van der Waals surface area (Å²) in [6.07, 6.45) is 1.36. The fourth-order valence-corrected chi connectivity index (χ4v) is 4.63. The smallest absolute Gasteiger partial charge is 0.444 e. The van der Waals surface area contributed by atoms with E-state index in [1.807, 2.05) is 0 Å². The van der Waals surface area contributed by atoms with Gasteiger partial charge >= 0.3 is 11.6 Å². The molecule has 0 aliphatic carbocycles. The van der Waals surface area contributed by atoms with Crippen molar-refractivity contribution in [1.29, 1.82) is 0 Å². The second-order valence-electron chi connectivity index (χ2n) is 8.96. The molecule has 0 radical (unpaired) electrons. The molecule has 2 unspecified atom stereocenters. The van der Waals surface area contributed by atoms with Crippen LogP contribution in [0.2, 0.25) is 0 Å². The van der Waals surface area contributed by atoms with Gasteiger partial charge in [-0.05, 0) is 48.7 Å². The number of hydrogen-bond donors (Lipinski definition) is 1. The molecule has 2 aromatic rings. The summed E-state index contributed by atoms with van der Waals surface area (Å²) in [5, 5.41) is 2.00. The number of imidazole rings is 1. The van der Waals surface area contributed by atoms with Crippen LogP contribution in [-0.2, 0) is 4.74 Å². The Morgan fingerprint density at radius 2 is 1.94 bits per heavy atom. The zero-order valence-corrected chi connectivity index (χ0v) is 20.9. The largest absolute Gasteiger partial charge is 0.447 e. The minimum absolute atomic E-state index is 0.0842. The highest BCUT2D eigenvalue weighted by atomic mass is 79.9. The molecule has 2 aromatic heterocycles. The number of halogens is 6. The second kappa shape index (κ2) is 9.17. The number of hydrogen-bond acceptors (Lipinski definition) is 5. The fourth-order valence-electron chi connectivity index (χ4n) is 3.61. The highest BCUT2D eigenvalue weighted by Gasteiger charge is 2.51. The molecular formula is C20H22BrF5N4O3S. The van der Waals surface area contributed by atoms with Gasteiger partial charge in [0, 0.05) is 29.0 Å². The Kier molecular flexibility index (Phi) is 7.15. The second-order valence-corrected chi connectivity index (χ2v) is 11.0. The molecule has 0 saturated carbocycles. The van der Waals surface area contributed by atoms with Crippen LogP contribution >= 0.6 is 27.7 Å². The fraction of sp³-hybridized carbons (Fsp3) is 0.550. The SMILES string of the molecule is CC1CN(C(=O)OC(C)(C)C)CC(F)(F)C1NC(=O)c1cc(Br)cn2c(SC(F)(F)F)cnc12. The van der Waals surface area contributed by atoms with E-state index in [-0.39, 0.29) is 27.3 Å². The number of rotatable bonds is 3. The van der Waals surface area contributed by atoms with E-state index in [9.17, 15) is 31.5 Å². The van der Waals surface area contributed by atoms with Gasteiger partial charge in [-0.1, -0.05) is 6.92 Å². The molecule has 1 saturated heterocycles. The molecule has 0 bridgehead atoms. The molecule has 1 fully saturated rings. The van der Waals surface area contributed by atoms with Crippen molar-refractivity contribution in [3.05, 3.63) is 28.5 Å². The highest BCUT2D eigenvalue weighted by molar-refractivity contribution is 9.10. The lowest BCUT2D eigenvalue weighted by atomic mass is 9.90. The van der Waals surface area contributed by atoms with Gasteiger partial charge in [0.1, 0.15) is 10.6 Å². The molecule has 34 heavy (non-hydrogen) atoms. The number of ether oxygens (including phenoxy) is 1. The lowest BCUT2D eigenvalue weighted by molar-refractivity contribution is -0.106. The Bertz CT molecular complexity index is 1100. The molecule has 0 aromatic carbocycles. The summed E-state index contributed by atoms with van der Waals surface area (Å²) in [6.45, 7) is 5.27. The van der Waals surface area contributed by atoms with Crippen LogP contribution < -0.4 is 5.32 Å². The Hall–Kier alpha value is -2.09. The summed E-state index contributed by atoms with van der Waals surface area (Å²) in [6, 6.07) is -0.338. The first-order valence-corrected chi connectivity index (χ1v) is 11.7. The number of nitrogens with zero attached hydrogens (tertiary/aromatic N) is 3. The Morgan fingerprint density at radius 3 is 2.50 bits per heavy atom. The number of nitrogens with one attached hydrogen (secondary N) is 1. The number of alkyl halides is 5. The standard InChI is InChI=1S/C20H22BrF5N4O3S/c1-10-7-29(17(32)33-18(2,3)4)9-19(22,23)14(10)28-16(31)12-5-11(21)8-30-13(6-27-15(12)30)34-20(24,25)26/h5-6,8,10,14H,7,9H2,1-4H3,(H,28,31). The Balaban J connectivity index is 1.83. The van der Waals surface area contributed by atoms with Gasteiger partial charge in [0.25, 0.3) is 11.8 Å². The maximum absolute atomic E-state index is 15.0. The van der Waals surface area contributed by atoms with Gasteiger partial charge in [0.2, 0.25) is 0 Å². The van der Waals surface area contributed by atoms with E-state index < -0.39 is 59.3 Å². The van der Waals surface area contributed by atoms with Crippen LogP contribution in [0, 0.1) is 5.92 Å². The van der Waals surface area contributed by atoms with E-state index in [1.54, 1.807) is 20.8 Å². The van der Waals surface area contributed by atoms with Crippen LogP contribution in [0.1, 0.15) is 38.1 Å². The molecular weight excluding hydrogens is 551 g/mol. The highest BCUT2D eigenvalue weighted by Crippen LogP contribution is 2.38. The van der Waals surface area contributed by atoms with Crippen LogP contribution in [-0.4, -0.2) is 62.4 Å². The maximum atomic E-state index is 15.0. The van der Waals surface area contributed by atoms with Crippen molar-refractivity contribution in [1.82, 2.24) is 19.6 Å². The van der Waals surface area contributed by atoms with Crippen LogP contribution in [0.5, 0.6) is 0 Å². The zero-order valence-electron chi connectivity index (χ0n) is 18.5. The van der Waals surface area contributed by atoms with Gasteiger partial charge in [-0.25, -0.2) is 18.6 Å². The summed E-state index contributed by atoms with van der Waals surface area (Å²) in [5.41, 5.74) is -5.74. The normalized spacial score (nSPS) is 20.9. The first-order valence-electron chi connectivity index (χ1n) is 10.1. The number of pyridine rings is 1. The summed E-state index contributed by atoms with van der Waals surface area (Å²) in [7, 11) is 0.